The van der Waals surface area contributed by atoms with Crippen molar-refractivity contribution >= 4 is 5.91 Å². The minimum Gasteiger partial charge on any atom is -0.349 e. The van der Waals surface area contributed by atoms with Crippen LogP contribution in [0.3, 0.4) is 0 Å². The molecule has 0 aliphatic heterocycles. The molecule has 3 heteroatoms. The maximum absolute atomic E-state index is 11.7. The molecule has 1 saturated carbocycles. The predicted octanol–water partition coefficient (Wildman–Crippen LogP) is 1.42. The Labute approximate surface area is 98.2 Å². The van der Waals surface area contributed by atoms with Gasteiger partial charge < -0.3 is 11.1 Å². The zero-order valence-electron chi connectivity index (χ0n) is 10.1. The quantitative estimate of drug-likeness (QED) is 0.505. The van der Waals surface area contributed by atoms with E-state index >= 15 is 0 Å². The summed E-state index contributed by atoms with van der Waals surface area (Å²) in [6.07, 6.45) is 10.6. The Balaban J connectivity index is 2.24. The Morgan fingerprint density at radius 2 is 2.25 bits per heavy atom. The summed E-state index contributed by atoms with van der Waals surface area (Å²) in [5.74, 6) is 3.26. The third-order valence-corrected chi connectivity index (χ3v) is 3.30. The van der Waals surface area contributed by atoms with Crippen LogP contribution in [0.2, 0.25) is 0 Å². The average molecular weight is 222 g/mol. The van der Waals surface area contributed by atoms with Gasteiger partial charge in [-0.05, 0) is 38.5 Å². The van der Waals surface area contributed by atoms with Crippen molar-refractivity contribution in [2.24, 2.45) is 11.7 Å². The van der Waals surface area contributed by atoms with Gasteiger partial charge in [-0.1, -0.05) is 0 Å². The van der Waals surface area contributed by atoms with Crippen LogP contribution in [0.15, 0.2) is 0 Å². The first kappa shape index (κ1) is 13.1. The van der Waals surface area contributed by atoms with Crippen molar-refractivity contribution in [3.63, 3.8) is 0 Å². The summed E-state index contributed by atoms with van der Waals surface area (Å²) in [4.78, 5) is 11.7. The van der Waals surface area contributed by atoms with Crippen molar-refractivity contribution < 1.29 is 4.79 Å². The summed E-state index contributed by atoms with van der Waals surface area (Å²) in [6, 6.07) is 0. The molecule has 16 heavy (non-hydrogen) atoms. The van der Waals surface area contributed by atoms with Crippen LogP contribution in [0.5, 0.6) is 0 Å². The third kappa shape index (κ3) is 3.86. The van der Waals surface area contributed by atoms with Crippen LogP contribution in [-0.2, 0) is 4.79 Å². The van der Waals surface area contributed by atoms with E-state index in [2.05, 4.69) is 11.2 Å². The molecule has 1 aliphatic rings. The van der Waals surface area contributed by atoms with Gasteiger partial charge in [0, 0.05) is 19.4 Å². The van der Waals surface area contributed by atoms with Crippen LogP contribution < -0.4 is 11.1 Å². The highest BCUT2D eigenvalue weighted by Gasteiger charge is 2.41. The molecule has 1 unspecified atom stereocenters. The second kappa shape index (κ2) is 5.91. The molecule has 1 rings (SSSR count). The zero-order chi connectivity index (χ0) is 12.0. The maximum Gasteiger partial charge on any atom is 0.220 e. The molecule has 0 saturated heterocycles. The maximum atomic E-state index is 11.7. The summed E-state index contributed by atoms with van der Waals surface area (Å²) >= 11 is 0. The van der Waals surface area contributed by atoms with E-state index in [-0.39, 0.29) is 11.4 Å². The number of amides is 1. The van der Waals surface area contributed by atoms with E-state index in [1.807, 2.05) is 6.92 Å². The Kier molecular flexibility index (Phi) is 4.82. The first-order valence-electron chi connectivity index (χ1n) is 6.07. The van der Waals surface area contributed by atoms with Gasteiger partial charge in [-0.3, -0.25) is 4.79 Å². The molecule has 0 aromatic carbocycles. The van der Waals surface area contributed by atoms with E-state index in [0.717, 1.165) is 19.3 Å². The number of rotatable bonds is 7. The first-order chi connectivity index (χ1) is 7.62. The molecule has 0 bridgehead atoms. The van der Waals surface area contributed by atoms with Crippen LogP contribution in [-0.4, -0.2) is 18.0 Å². The van der Waals surface area contributed by atoms with Crippen molar-refractivity contribution in [1.29, 1.82) is 0 Å². The first-order valence-corrected chi connectivity index (χ1v) is 6.07. The van der Waals surface area contributed by atoms with Gasteiger partial charge >= 0.3 is 0 Å². The summed E-state index contributed by atoms with van der Waals surface area (Å²) in [5, 5.41) is 3.07. The summed E-state index contributed by atoms with van der Waals surface area (Å²) in [6.45, 7) is 2.57. The van der Waals surface area contributed by atoms with Crippen molar-refractivity contribution in [3.8, 4) is 12.3 Å². The standard InChI is InChI=1S/C13H22N2O/c1-3-4-5-6-7-12(16)15-13(2,10-14)11-8-9-11/h1,11H,4-10,14H2,2H3,(H,15,16). The van der Waals surface area contributed by atoms with Crippen LogP contribution in [0.25, 0.3) is 0 Å². The molecule has 0 aromatic heterocycles. The zero-order valence-corrected chi connectivity index (χ0v) is 10.1. The number of nitrogens with two attached hydrogens (primary N) is 1. The third-order valence-electron chi connectivity index (χ3n) is 3.30. The smallest absolute Gasteiger partial charge is 0.220 e. The molecule has 0 spiro atoms. The molecule has 3 nitrogen and oxygen atoms in total. The number of nitrogens with one attached hydrogen (secondary N) is 1. The molecule has 0 heterocycles. The number of terminal acetylenes is 1. The normalized spacial score (nSPS) is 18.6. The highest BCUT2D eigenvalue weighted by molar-refractivity contribution is 5.76. The van der Waals surface area contributed by atoms with Crippen molar-refractivity contribution in [3.05, 3.63) is 0 Å². The molecular weight excluding hydrogens is 200 g/mol. The molecule has 0 radical (unpaired) electrons. The van der Waals surface area contributed by atoms with Crippen molar-refractivity contribution in [2.45, 2.75) is 51.0 Å². The fourth-order valence-electron chi connectivity index (χ4n) is 1.93. The largest absolute Gasteiger partial charge is 0.349 e. The lowest BCUT2D eigenvalue weighted by molar-refractivity contribution is -0.123. The second-order valence-corrected chi connectivity index (χ2v) is 4.86. The van der Waals surface area contributed by atoms with E-state index in [1.54, 1.807) is 0 Å². The summed E-state index contributed by atoms with van der Waals surface area (Å²) < 4.78 is 0. The van der Waals surface area contributed by atoms with Gasteiger partial charge in [-0.25, -0.2) is 0 Å². The Morgan fingerprint density at radius 3 is 2.75 bits per heavy atom. The summed E-state index contributed by atoms with van der Waals surface area (Å²) in [7, 11) is 0. The fraction of sp³-hybridized carbons (Fsp3) is 0.769. The molecule has 3 N–H and O–H groups in total. The molecule has 1 aliphatic carbocycles. The number of unbranched alkanes of at least 4 members (excludes halogenated alkanes) is 2. The average Bonchev–Trinajstić information content (AvgIpc) is 3.08. The summed E-state index contributed by atoms with van der Waals surface area (Å²) in [5.41, 5.74) is 5.54. The highest BCUT2D eigenvalue weighted by Crippen LogP contribution is 2.38. The SMILES string of the molecule is C#CCCCCC(=O)NC(C)(CN)C1CC1. The lowest BCUT2D eigenvalue weighted by atomic mass is 9.95. The van der Waals surface area contributed by atoms with Gasteiger partial charge in [0.05, 0.1) is 5.54 Å². The molecule has 1 fully saturated rings. The van der Waals surface area contributed by atoms with E-state index in [4.69, 9.17) is 12.2 Å². The predicted molar refractivity (Wildman–Crippen MR) is 65.6 cm³/mol. The molecule has 90 valence electrons. The molecule has 1 atom stereocenters. The lowest BCUT2D eigenvalue weighted by Crippen LogP contribution is -2.53. The van der Waals surface area contributed by atoms with Gasteiger partial charge in [0.2, 0.25) is 5.91 Å². The number of hydrogen-bond donors (Lipinski definition) is 2. The van der Waals surface area contributed by atoms with Crippen LogP contribution in [0.4, 0.5) is 0 Å². The monoisotopic (exact) mass is 222 g/mol. The Hall–Kier alpha value is -1.01. The van der Waals surface area contributed by atoms with Crippen LogP contribution >= 0.6 is 0 Å². The second-order valence-electron chi connectivity index (χ2n) is 4.86. The van der Waals surface area contributed by atoms with E-state index in [0.29, 0.717) is 18.9 Å². The van der Waals surface area contributed by atoms with Gasteiger partial charge in [0.15, 0.2) is 0 Å². The molecular formula is C13H22N2O. The topological polar surface area (TPSA) is 55.1 Å². The minimum absolute atomic E-state index is 0.108. The molecule has 0 aromatic rings. The van der Waals surface area contributed by atoms with Crippen LogP contribution in [0, 0.1) is 18.3 Å². The highest BCUT2D eigenvalue weighted by atomic mass is 16.1. The Bertz CT molecular complexity index is 278. The fourth-order valence-corrected chi connectivity index (χ4v) is 1.93. The van der Waals surface area contributed by atoms with Crippen molar-refractivity contribution in [1.82, 2.24) is 5.32 Å². The van der Waals surface area contributed by atoms with Crippen molar-refractivity contribution in [2.75, 3.05) is 6.54 Å². The minimum atomic E-state index is -0.191. The van der Waals surface area contributed by atoms with E-state index in [9.17, 15) is 4.79 Å². The van der Waals surface area contributed by atoms with E-state index < -0.39 is 0 Å². The van der Waals surface area contributed by atoms with Gasteiger partial charge in [-0.15, -0.1) is 12.3 Å². The lowest BCUT2D eigenvalue weighted by Gasteiger charge is -2.29. The van der Waals surface area contributed by atoms with Gasteiger partial charge in [-0.2, -0.15) is 0 Å². The van der Waals surface area contributed by atoms with E-state index in [1.165, 1.54) is 12.8 Å². The number of hydrogen-bond acceptors (Lipinski definition) is 2. The Morgan fingerprint density at radius 1 is 1.56 bits per heavy atom. The number of carbonyl (C=O) groups is 1. The van der Waals surface area contributed by atoms with Gasteiger partial charge in [0.1, 0.15) is 0 Å². The number of carbonyl (C=O) groups excluding carboxylic acids is 1. The van der Waals surface area contributed by atoms with Crippen LogP contribution in [0.1, 0.15) is 45.4 Å². The van der Waals surface area contributed by atoms with Gasteiger partial charge in [0.25, 0.3) is 0 Å². The molecule has 1 amide bonds.